The molecule has 22 heavy (non-hydrogen) atoms. The van der Waals surface area contributed by atoms with Crippen molar-refractivity contribution in [3.05, 3.63) is 34.9 Å². The topological polar surface area (TPSA) is 58.2 Å². The van der Waals surface area contributed by atoms with E-state index in [9.17, 15) is 9.00 Å². The van der Waals surface area contributed by atoms with E-state index in [1.807, 2.05) is 31.2 Å². The van der Waals surface area contributed by atoms with Crippen LogP contribution in [0.5, 0.6) is 0 Å². The maximum absolute atomic E-state index is 12.0. The lowest BCUT2D eigenvalue weighted by Gasteiger charge is -2.43. The number of hydrogen-bond acceptors (Lipinski definition) is 2. The maximum Gasteiger partial charge on any atom is 0.315 e. The molecule has 2 amide bonds. The Kier molecular flexibility index (Phi) is 5.87. The molecule has 0 aliphatic heterocycles. The van der Waals surface area contributed by atoms with E-state index in [0.717, 1.165) is 29.8 Å². The first-order valence-corrected chi connectivity index (χ1v) is 9.63. The highest BCUT2D eigenvalue weighted by Crippen LogP contribution is 2.45. The summed E-state index contributed by atoms with van der Waals surface area (Å²) in [5.41, 5.74) is 1.07. The average Bonchev–Trinajstić information content (AvgIpc) is 2.38. The Morgan fingerprint density at radius 2 is 2.09 bits per heavy atom. The highest BCUT2D eigenvalue weighted by molar-refractivity contribution is 7.84. The number of halogens is 1. The van der Waals surface area contributed by atoms with E-state index in [1.165, 1.54) is 0 Å². The van der Waals surface area contributed by atoms with Crippen LogP contribution in [-0.4, -0.2) is 34.8 Å². The number of carbonyl (C=O) groups is 1. The van der Waals surface area contributed by atoms with Crippen LogP contribution in [0.3, 0.4) is 0 Å². The number of rotatable bonds is 6. The molecule has 4 nitrogen and oxygen atoms in total. The maximum atomic E-state index is 12.0. The van der Waals surface area contributed by atoms with Gasteiger partial charge >= 0.3 is 6.03 Å². The van der Waals surface area contributed by atoms with Crippen LogP contribution >= 0.6 is 11.6 Å². The van der Waals surface area contributed by atoms with E-state index in [-0.39, 0.29) is 17.5 Å². The Morgan fingerprint density at radius 3 is 2.64 bits per heavy atom. The first kappa shape index (κ1) is 17.3. The molecule has 0 aromatic heterocycles. The van der Waals surface area contributed by atoms with Gasteiger partial charge in [0.05, 0.1) is 0 Å². The number of amides is 2. The minimum Gasteiger partial charge on any atom is -0.337 e. The number of nitrogens with one attached hydrogen (secondary N) is 2. The van der Waals surface area contributed by atoms with E-state index >= 15 is 0 Å². The molecule has 1 saturated carbocycles. The second kappa shape index (κ2) is 7.47. The lowest BCUT2D eigenvalue weighted by atomic mass is 9.64. The second-order valence-corrected chi connectivity index (χ2v) is 7.97. The van der Waals surface area contributed by atoms with Gasteiger partial charge in [-0.1, -0.05) is 36.2 Å². The molecule has 1 aromatic rings. The third kappa shape index (κ3) is 4.23. The van der Waals surface area contributed by atoms with Gasteiger partial charge < -0.3 is 10.6 Å². The molecule has 0 radical (unpaired) electrons. The molecule has 0 saturated heterocycles. The lowest BCUT2D eigenvalue weighted by Crippen LogP contribution is -2.50. The van der Waals surface area contributed by atoms with Gasteiger partial charge in [0.1, 0.15) is 0 Å². The van der Waals surface area contributed by atoms with E-state index in [4.69, 9.17) is 11.6 Å². The van der Waals surface area contributed by atoms with Gasteiger partial charge in [-0.15, -0.1) is 0 Å². The van der Waals surface area contributed by atoms with Crippen molar-refractivity contribution in [1.29, 1.82) is 0 Å². The highest BCUT2D eigenvalue weighted by Gasteiger charge is 2.40. The van der Waals surface area contributed by atoms with Crippen LogP contribution in [0.2, 0.25) is 5.02 Å². The van der Waals surface area contributed by atoms with Gasteiger partial charge in [0.2, 0.25) is 0 Å². The zero-order valence-corrected chi connectivity index (χ0v) is 14.6. The van der Waals surface area contributed by atoms with Crippen molar-refractivity contribution >= 4 is 28.4 Å². The molecule has 1 aliphatic rings. The Hall–Kier alpha value is -1.07. The van der Waals surface area contributed by atoms with Gasteiger partial charge in [0, 0.05) is 45.8 Å². The van der Waals surface area contributed by atoms with Crippen LogP contribution < -0.4 is 10.6 Å². The SMILES string of the molecule is C[C@@H](C[S@@](C)=O)NC(=O)NCC1(c2ccccc2Cl)CCC1. The van der Waals surface area contributed by atoms with Crippen LogP contribution in [0.15, 0.2) is 24.3 Å². The van der Waals surface area contributed by atoms with Crippen molar-refractivity contribution in [2.45, 2.75) is 37.6 Å². The molecule has 2 atom stereocenters. The second-order valence-electron chi connectivity index (χ2n) is 6.08. The molecule has 0 bridgehead atoms. The largest absolute Gasteiger partial charge is 0.337 e. The van der Waals surface area contributed by atoms with Crippen molar-refractivity contribution in [2.24, 2.45) is 0 Å². The average molecular weight is 343 g/mol. The van der Waals surface area contributed by atoms with Crippen molar-refractivity contribution < 1.29 is 9.00 Å². The predicted molar refractivity (Wildman–Crippen MR) is 91.9 cm³/mol. The fraction of sp³-hybridized carbons (Fsp3) is 0.562. The first-order chi connectivity index (χ1) is 10.4. The van der Waals surface area contributed by atoms with E-state index in [2.05, 4.69) is 10.6 Å². The summed E-state index contributed by atoms with van der Waals surface area (Å²) in [5.74, 6) is 0.461. The van der Waals surface area contributed by atoms with Gasteiger partial charge in [-0.2, -0.15) is 0 Å². The van der Waals surface area contributed by atoms with Crippen molar-refractivity contribution in [3.8, 4) is 0 Å². The van der Waals surface area contributed by atoms with E-state index < -0.39 is 10.8 Å². The number of benzene rings is 1. The van der Waals surface area contributed by atoms with Gasteiger partial charge in [0.25, 0.3) is 0 Å². The standard InChI is InChI=1S/C16H23ClN2O2S/c1-12(10-22(2)21)19-15(20)18-11-16(8-5-9-16)13-6-3-4-7-14(13)17/h3-4,6-7,12H,5,8-11H2,1-2H3,(H2,18,19,20)/t12-,22+/m0/s1. The number of urea groups is 1. The summed E-state index contributed by atoms with van der Waals surface area (Å²) < 4.78 is 11.2. The van der Waals surface area contributed by atoms with Crippen LogP contribution in [0.1, 0.15) is 31.7 Å². The van der Waals surface area contributed by atoms with E-state index in [1.54, 1.807) is 6.26 Å². The van der Waals surface area contributed by atoms with E-state index in [0.29, 0.717) is 12.3 Å². The Balaban J connectivity index is 1.93. The minimum absolute atomic E-state index is 0.0491. The molecule has 122 valence electrons. The van der Waals surface area contributed by atoms with Gasteiger partial charge in [0.15, 0.2) is 0 Å². The van der Waals surface area contributed by atoms with Gasteiger partial charge in [-0.05, 0) is 31.4 Å². The minimum atomic E-state index is -0.916. The molecule has 1 fully saturated rings. The van der Waals surface area contributed by atoms with Crippen molar-refractivity contribution in [1.82, 2.24) is 10.6 Å². The Bertz CT molecular complexity index is 561. The summed E-state index contributed by atoms with van der Waals surface area (Å²) in [5, 5.41) is 6.53. The summed E-state index contributed by atoms with van der Waals surface area (Å²) >= 11 is 6.32. The predicted octanol–water partition coefficient (Wildman–Crippen LogP) is 2.83. The van der Waals surface area contributed by atoms with Crippen LogP contribution in [0.25, 0.3) is 0 Å². The molecule has 2 rings (SSSR count). The number of carbonyl (C=O) groups excluding carboxylic acids is 1. The van der Waals surface area contributed by atoms with Gasteiger partial charge in [-0.25, -0.2) is 4.79 Å². The van der Waals surface area contributed by atoms with Gasteiger partial charge in [-0.3, -0.25) is 4.21 Å². The molecular weight excluding hydrogens is 320 g/mol. The highest BCUT2D eigenvalue weighted by atomic mass is 35.5. The van der Waals surface area contributed by atoms with Crippen molar-refractivity contribution in [3.63, 3.8) is 0 Å². The zero-order chi connectivity index (χ0) is 16.2. The van der Waals surface area contributed by atoms with Crippen molar-refractivity contribution in [2.75, 3.05) is 18.6 Å². The van der Waals surface area contributed by atoms with Crippen LogP contribution in [0.4, 0.5) is 4.79 Å². The first-order valence-electron chi connectivity index (χ1n) is 7.52. The molecule has 0 heterocycles. The summed E-state index contributed by atoms with van der Waals surface area (Å²) in [6.07, 6.45) is 4.85. The van der Waals surface area contributed by atoms with Crippen LogP contribution in [-0.2, 0) is 16.2 Å². The molecular formula is C16H23ClN2O2S. The lowest BCUT2D eigenvalue weighted by molar-refractivity contribution is 0.213. The Morgan fingerprint density at radius 1 is 1.41 bits per heavy atom. The molecule has 0 unspecified atom stereocenters. The zero-order valence-electron chi connectivity index (χ0n) is 13.0. The summed E-state index contributed by atoms with van der Waals surface area (Å²) in [6.45, 7) is 2.43. The monoisotopic (exact) mass is 342 g/mol. The molecule has 6 heteroatoms. The third-order valence-corrected chi connectivity index (χ3v) is 5.50. The Labute approximate surface area is 139 Å². The fourth-order valence-electron chi connectivity index (χ4n) is 2.95. The summed E-state index contributed by atoms with van der Waals surface area (Å²) in [6, 6.07) is 7.53. The molecule has 1 aliphatic carbocycles. The molecule has 1 aromatic carbocycles. The fourth-order valence-corrected chi connectivity index (χ4v) is 4.08. The molecule has 2 N–H and O–H groups in total. The number of hydrogen-bond donors (Lipinski definition) is 2. The third-order valence-electron chi connectivity index (χ3n) is 4.21. The normalized spacial score (nSPS) is 18.9. The summed E-state index contributed by atoms with van der Waals surface area (Å²) in [4.78, 5) is 12.0. The smallest absolute Gasteiger partial charge is 0.315 e. The van der Waals surface area contributed by atoms with Crippen LogP contribution in [0, 0.1) is 0 Å². The molecule has 0 spiro atoms. The summed E-state index contributed by atoms with van der Waals surface area (Å²) in [7, 11) is -0.916. The quantitative estimate of drug-likeness (QED) is 0.835.